The first-order chi connectivity index (χ1) is 9.46. The van der Waals surface area contributed by atoms with Crippen LogP contribution in [0.3, 0.4) is 0 Å². The van der Waals surface area contributed by atoms with Crippen LogP contribution in [0.25, 0.3) is 0 Å². The van der Waals surface area contributed by atoms with Gasteiger partial charge in [0.25, 0.3) is 0 Å². The third-order valence-electron chi connectivity index (χ3n) is 4.11. The predicted molar refractivity (Wildman–Crippen MR) is 80.1 cm³/mol. The monoisotopic (exact) mass is 276 g/mol. The summed E-state index contributed by atoms with van der Waals surface area (Å²) in [4.78, 5) is 17.1. The number of hydrogen-bond donors (Lipinski definition) is 0. The van der Waals surface area contributed by atoms with E-state index in [2.05, 4.69) is 11.9 Å². The molecule has 1 aromatic rings. The predicted octanol–water partition coefficient (Wildman–Crippen LogP) is 1.75. The van der Waals surface area contributed by atoms with Gasteiger partial charge in [0.1, 0.15) is 5.75 Å². The average Bonchev–Trinajstić information content (AvgIpc) is 2.47. The molecule has 0 radical (unpaired) electrons. The molecule has 0 unspecified atom stereocenters. The Hall–Kier alpha value is -1.55. The number of nitrogens with zero attached hydrogens (tertiary/aromatic N) is 2. The number of piperazine rings is 1. The van der Waals surface area contributed by atoms with Crippen molar-refractivity contribution in [3.05, 3.63) is 29.8 Å². The lowest BCUT2D eigenvalue weighted by Gasteiger charge is -2.37. The van der Waals surface area contributed by atoms with E-state index in [4.69, 9.17) is 4.74 Å². The summed E-state index contributed by atoms with van der Waals surface area (Å²) in [5, 5.41) is 0. The summed E-state index contributed by atoms with van der Waals surface area (Å²) in [6, 6.07) is 7.77. The van der Waals surface area contributed by atoms with E-state index >= 15 is 0 Å². The maximum Gasteiger partial charge on any atom is 0.232 e. The van der Waals surface area contributed by atoms with E-state index in [1.807, 2.05) is 43.0 Å². The number of amides is 1. The number of carbonyl (C=O) groups excluding carboxylic acids is 1. The zero-order valence-corrected chi connectivity index (χ0v) is 12.8. The molecule has 0 bridgehead atoms. The number of ether oxygens (including phenoxy) is 1. The van der Waals surface area contributed by atoms with Gasteiger partial charge in [0.05, 0.1) is 12.5 Å². The second-order valence-corrected chi connectivity index (χ2v) is 5.92. The second kappa shape index (κ2) is 5.83. The van der Waals surface area contributed by atoms with Gasteiger partial charge in [-0.25, -0.2) is 0 Å². The van der Waals surface area contributed by atoms with E-state index in [0.29, 0.717) is 0 Å². The van der Waals surface area contributed by atoms with Gasteiger partial charge in [-0.1, -0.05) is 18.2 Å². The first kappa shape index (κ1) is 14.9. The summed E-state index contributed by atoms with van der Waals surface area (Å²) >= 11 is 0. The van der Waals surface area contributed by atoms with E-state index in [9.17, 15) is 4.79 Å². The Morgan fingerprint density at radius 3 is 2.35 bits per heavy atom. The number of para-hydroxylation sites is 1. The normalized spacial score (nSPS) is 17.1. The number of methoxy groups -OCH3 is 1. The minimum absolute atomic E-state index is 0.176. The van der Waals surface area contributed by atoms with Gasteiger partial charge in [-0.2, -0.15) is 0 Å². The number of rotatable bonds is 3. The molecule has 20 heavy (non-hydrogen) atoms. The Bertz CT molecular complexity index is 477. The Morgan fingerprint density at radius 1 is 1.15 bits per heavy atom. The zero-order valence-electron chi connectivity index (χ0n) is 12.8. The van der Waals surface area contributed by atoms with Crippen molar-refractivity contribution in [1.82, 2.24) is 9.80 Å². The van der Waals surface area contributed by atoms with E-state index < -0.39 is 5.41 Å². The summed E-state index contributed by atoms with van der Waals surface area (Å²) < 4.78 is 5.41. The lowest BCUT2D eigenvalue weighted by atomic mass is 9.82. The summed E-state index contributed by atoms with van der Waals surface area (Å²) in [5.74, 6) is 0.954. The lowest BCUT2D eigenvalue weighted by Crippen LogP contribution is -2.52. The van der Waals surface area contributed by atoms with Crippen LogP contribution < -0.4 is 4.74 Å². The molecule has 110 valence electrons. The molecule has 1 aliphatic rings. The van der Waals surface area contributed by atoms with Crippen molar-refractivity contribution in [1.29, 1.82) is 0 Å². The fraction of sp³-hybridized carbons (Fsp3) is 0.562. The molecule has 0 aromatic heterocycles. The van der Waals surface area contributed by atoms with Gasteiger partial charge in [0.2, 0.25) is 5.91 Å². The number of benzene rings is 1. The molecule has 1 fully saturated rings. The Kier molecular flexibility index (Phi) is 4.33. The maximum atomic E-state index is 12.8. The quantitative estimate of drug-likeness (QED) is 0.843. The highest BCUT2D eigenvalue weighted by Gasteiger charge is 2.36. The van der Waals surface area contributed by atoms with Crippen LogP contribution in [0.1, 0.15) is 19.4 Å². The minimum Gasteiger partial charge on any atom is -0.496 e. The van der Waals surface area contributed by atoms with E-state index in [1.165, 1.54) is 0 Å². The van der Waals surface area contributed by atoms with Crippen molar-refractivity contribution in [3.63, 3.8) is 0 Å². The van der Waals surface area contributed by atoms with Crippen molar-refractivity contribution in [2.24, 2.45) is 0 Å². The van der Waals surface area contributed by atoms with Crippen LogP contribution in [0.4, 0.5) is 0 Å². The van der Waals surface area contributed by atoms with Crippen molar-refractivity contribution in [3.8, 4) is 5.75 Å². The fourth-order valence-electron chi connectivity index (χ4n) is 2.68. The molecule has 4 nitrogen and oxygen atoms in total. The molecule has 4 heteroatoms. The highest BCUT2D eigenvalue weighted by Crippen LogP contribution is 2.33. The minimum atomic E-state index is -0.567. The van der Waals surface area contributed by atoms with E-state index in [0.717, 1.165) is 37.5 Å². The summed E-state index contributed by atoms with van der Waals surface area (Å²) in [5.41, 5.74) is 0.383. The molecule has 1 saturated heterocycles. The molecule has 1 aromatic carbocycles. The Morgan fingerprint density at radius 2 is 1.75 bits per heavy atom. The number of carbonyl (C=O) groups is 1. The second-order valence-electron chi connectivity index (χ2n) is 5.92. The molecule has 1 heterocycles. The number of hydrogen-bond acceptors (Lipinski definition) is 3. The molecule has 2 rings (SSSR count). The molecule has 0 atom stereocenters. The van der Waals surface area contributed by atoms with Crippen LogP contribution in [-0.4, -0.2) is 56.0 Å². The summed E-state index contributed by atoms with van der Waals surface area (Å²) in [6.07, 6.45) is 0. The van der Waals surface area contributed by atoms with Crippen LogP contribution in [0.2, 0.25) is 0 Å². The van der Waals surface area contributed by atoms with Gasteiger partial charge in [0.15, 0.2) is 0 Å². The van der Waals surface area contributed by atoms with Crippen LogP contribution in [0.5, 0.6) is 5.75 Å². The van der Waals surface area contributed by atoms with Crippen LogP contribution in [0.15, 0.2) is 24.3 Å². The lowest BCUT2D eigenvalue weighted by molar-refractivity contribution is -0.137. The number of likely N-dealkylation sites (N-methyl/N-ethyl adjacent to an activating group) is 1. The van der Waals surface area contributed by atoms with Crippen LogP contribution in [0, 0.1) is 0 Å². The first-order valence-electron chi connectivity index (χ1n) is 7.08. The molecule has 0 N–H and O–H groups in total. The highest BCUT2D eigenvalue weighted by atomic mass is 16.5. The molecule has 0 saturated carbocycles. The third-order valence-corrected chi connectivity index (χ3v) is 4.11. The van der Waals surface area contributed by atoms with Gasteiger partial charge in [-0.05, 0) is 27.0 Å². The van der Waals surface area contributed by atoms with Gasteiger partial charge in [0, 0.05) is 31.7 Å². The van der Waals surface area contributed by atoms with E-state index in [1.54, 1.807) is 7.11 Å². The largest absolute Gasteiger partial charge is 0.496 e. The average molecular weight is 276 g/mol. The first-order valence-corrected chi connectivity index (χ1v) is 7.08. The smallest absolute Gasteiger partial charge is 0.232 e. The van der Waals surface area contributed by atoms with Gasteiger partial charge >= 0.3 is 0 Å². The molecular weight excluding hydrogens is 252 g/mol. The summed E-state index contributed by atoms with van der Waals surface area (Å²) in [7, 11) is 3.74. The Balaban J connectivity index is 2.23. The van der Waals surface area contributed by atoms with E-state index in [-0.39, 0.29) is 5.91 Å². The summed E-state index contributed by atoms with van der Waals surface area (Å²) in [6.45, 7) is 7.43. The van der Waals surface area contributed by atoms with Crippen molar-refractivity contribution < 1.29 is 9.53 Å². The van der Waals surface area contributed by atoms with Crippen molar-refractivity contribution >= 4 is 5.91 Å². The highest BCUT2D eigenvalue weighted by molar-refractivity contribution is 5.88. The topological polar surface area (TPSA) is 32.8 Å². The van der Waals surface area contributed by atoms with Crippen molar-refractivity contribution in [2.75, 3.05) is 40.3 Å². The third kappa shape index (κ3) is 2.80. The fourth-order valence-corrected chi connectivity index (χ4v) is 2.68. The zero-order chi connectivity index (χ0) is 14.8. The van der Waals surface area contributed by atoms with Gasteiger partial charge < -0.3 is 14.5 Å². The molecule has 0 aliphatic carbocycles. The van der Waals surface area contributed by atoms with Crippen LogP contribution in [-0.2, 0) is 10.2 Å². The molecular formula is C16H24N2O2. The van der Waals surface area contributed by atoms with Gasteiger partial charge in [-0.15, -0.1) is 0 Å². The van der Waals surface area contributed by atoms with Crippen molar-refractivity contribution in [2.45, 2.75) is 19.3 Å². The molecule has 1 amide bonds. The Labute approximate surface area is 121 Å². The standard InChI is InChI=1S/C16H24N2O2/c1-16(2,13-7-5-6-8-14(13)20-4)15(19)18-11-9-17(3)10-12-18/h5-8H,9-12H2,1-4H3. The SMILES string of the molecule is COc1ccccc1C(C)(C)C(=O)N1CCN(C)CC1. The molecule has 1 aliphatic heterocycles. The molecule has 0 spiro atoms. The van der Waals surface area contributed by atoms with Gasteiger partial charge in [-0.3, -0.25) is 4.79 Å². The van der Waals surface area contributed by atoms with Crippen LogP contribution >= 0.6 is 0 Å². The maximum absolute atomic E-state index is 12.8.